The molecule has 0 aromatic carbocycles. The van der Waals surface area contributed by atoms with Gasteiger partial charge in [0, 0.05) is 35.9 Å². The second kappa shape index (κ2) is 6.92. The molecule has 3 heterocycles. The molecular weight excluding hydrogens is 276 g/mol. The lowest BCUT2D eigenvalue weighted by molar-refractivity contribution is 0.0634. The lowest BCUT2D eigenvalue weighted by atomic mass is 10.0. The third-order valence-corrected chi connectivity index (χ3v) is 4.41. The number of carbonyl (C=O) groups is 1. The summed E-state index contributed by atoms with van der Waals surface area (Å²) in [4.78, 5) is 22.4. The number of unbranched alkanes of at least 4 members (excludes halogenated alkanes) is 1. The van der Waals surface area contributed by atoms with Crippen LogP contribution in [-0.2, 0) is 0 Å². The van der Waals surface area contributed by atoms with Gasteiger partial charge in [-0.2, -0.15) is 0 Å². The summed E-state index contributed by atoms with van der Waals surface area (Å²) >= 11 is 0. The summed E-state index contributed by atoms with van der Waals surface area (Å²) in [5, 5.41) is 4.36. The number of fused-ring (bicyclic) bond motifs is 1. The molecule has 0 aliphatic carbocycles. The van der Waals surface area contributed by atoms with Gasteiger partial charge in [-0.25, -0.2) is 0 Å². The Bertz CT molecular complexity index is 597. The molecule has 0 saturated carbocycles. The fraction of sp³-hybridized carbons (Fsp3) is 0.529. The van der Waals surface area contributed by atoms with Crippen molar-refractivity contribution >= 4 is 16.8 Å². The fourth-order valence-corrected chi connectivity index (χ4v) is 3.14. The molecule has 1 aliphatic heterocycles. The first-order valence-electron chi connectivity index (χ1n) is 8.24. The first kappa shape index (κ1) is 15.0. The zero-order chi connectivity index (χ0) is 15.4. The first-order valence-corrected chi connectivity index (χ1v) is 8.24. The Morgan fingerprint density at radius 2 is 2.23 bits per heavy atom. The lowest BCUT2D eigenvalue weighted by Crippen LogP contribution is -2.46. The van der Waals surface area contributed by atoms with Crippen LogP contribution in [-0.4, -0.2) is 46.5 Å². The van der Waals surface area contributed by atoms with Gasteiger partial charge in [-0.05, 0) is 44.5 Å². The van der Waals surface area contributed by atoms with Gasteiger partial charge in [-0.1, -0.05) is 13.3 Å². The van der Waals surface area contributed by atoms with Crippen molar-refractivity contribution in [1.82, 2.24) is 20.2 Å². The van der Waals surface area contributed by atoms with Crippen LogP contribution in [0.3, 0.4) is 0 Å². The van der Waals surface area contributed by atoms with Crippen LogP contribution in [0, 0.1) is 0 Å². The number of nitrogens with one attached hydrogen (secondary N) is 2. The van der Waals surface area contributed by atoms with E-state index in [1.807, 2.05) is 12.1 Å². The number of amides is 1. The zero-order valence-corrected chi connectivity index (χ0v) is 13.1. The second-order valence-corrected chi connectivity index (χ2v) is 5.98. The van der Waals surface area contributed by atoms with Crippen LogP contribution in [0.1, 0.15) is 43.1 Å². The number of aromatic nitrogens is 2. The third-order valence-electron chi connectivity index (χ3n) is 4.41. The molecule has 0 radical (unpaired) electrons. The van der Waals surface area contributed by atoms with E-state index in [4.69, 9.17) is 0 Å². The standard InChI is InChI=1S/C17H24N4O/c1-2-3-10-21(14-4-7-18-8-5-14)17(22)16-11-13-12-19-9-6-15(13)20-16/h6,9,11-12,14,18,20H,2-5,7-8,10H2,1H3. The molecular formula is C17H24N4O. The monoisotopic (exact) mass is 300 g/mol. The maximum atomic E-state index is 13.0. The summed E-state index contributed by atoms with van der Waals surface area (Å²) in [6.07, 6.45) is 7.77. The molecule has 0 atom stereocenters. The fourth-order valence-electron chi connectivity index (χ4n) is 3.14. The SMILES string of the molecule is CCCCN(C(=O)c1cc2cnccc2[nH]1)C1CCNCC1. The summed E-state index contributed by atoms with van der Waals surface area (Å²) in [6.45, 7) is 5.00. The summed E-state index contributed by atoms with van der Waals surface area (Å²) in [5.41, 5.74) is 1.65. The van der Waals surface area contributed by atoms with Crippen molar-refractivity contribution in [2.24, 2.45) is 0 Å². The summed E-state index contributed by atoms with van der Waals surface area (Å²) < 4.78 is 0. The lowest BCUT2D eigenvalue weighted by Gasteiger charge is -2.34. The van der Waals surface area contributed by atoms with Crippen LogP contribution in [0.5, 0.6) is 0 Å². The van der Waals surface area contributed by atoms with Crippen molar-refractivity contribution in [1.29, 1.82) is 0 Å². The van der Waals surface area contributed by atoms with Crippen LogP contribution in [0.4, 0.5) is 0 Å². The Morgan fingerprint density at radius 3 is 2.95 bits per heavy atom. The van der Waals surface area contributed by atoms with Gasteiger partial charge in [0.05, 0.1) is 0 Å². The molecule has 5 nitrogen and oxygen atoms in total. The molecule has 22 heavy (non-hydrogen) atoms. The van der Waals surface area contributed by atoms with Gasteiger partial charge in [0.1, 0.15) is 5.69 Å². The van der Waals surface area contributed by atoms with Gasteiger partial charge in [-0.3, -0.25) is 9.78 Å². The minimum absolute atomic E-state index is 0.122. The normalized spacial score (nSPS) is 16.0. The highest BCUT2D eigenvalue weighted by Gasteiger charge is 2.26. The van der Waals surface area contributed by atoms with Crippen LogP contribution >= 0.6 is 0 Å². The van der Waals surface area contributed by atoms with Crippen molar-refractivity contribution in [3.63, 3.8) is 0 Å². The topological polar surface area (TPSA) is 61.0 Å². The van der Waals surface area contributed by atoms with E-state index < -0.39 is 0 Å². The van der Waals surface area contributed by atoms with Crippen molar-refractivity contribution in [3.05, 3.63) is 30.2 Å². The van der Waals surface area contributed by atoms with Crippen LogP contribution in [0.25, 0.3) is 10.9 Å². The van der Waals surface area contributed by atoms with Gasteiger partial charge in [-0.15, -0.1) is 0 Å². The first-order chi connectivity index (χ1) is 10.8. The number of H-pyrrole nitrogens is 1. The van der Waals surface area contributed by atoms with Crippen LogP contribution in [0.15, 0.2) is 24.5 Å². The minimum Gasteiger partial charge on any atom is -0.350 e. The maximum absolute atomic E-state index is 13.0. The molecule has 3 rings (SSSR count). The quantitative estimate of drug-likeness (QED) is 0.892. The van der Waals surface area contributed by atoms with Crippen LogP contribution in [0.2, 0.25) is 0 Å². The van der Waals surface area contributed by atoms with Gasteiger partial charge >= 0.3 is 0 Å². The molecule has 5 heteroatoms. The third kappa shape index (κ3) is 3.14. The van der Waals surface area contributed by atoms with E-state index in [1.165, 1.54) is 0 Å². The maximum Gasteiger partial charge on any atom is 0.270 e. The van der Waals surface area contributed by atoms with E-state index in [0.717, 1.165) is 56.2 Å². The number of piperidine rings is 1. The molecule has 2 N–H and O–H groups in total. The Labute approximate surface area is 131 Å². The van der Waals surface area contributed by atoms with E-state index in [1.54, 1.807) is 12.4 Å². The zero-order valence-electron chi connectivity index (χ0n) is 13.1. The van der Waals surface area contributed by atoms with Gasteiger partial charge in [0.25, 0.3) is 5.91 Å². The number of rotatable bonds is 5. The molecule has 2 aromatic heterocycles. The summed E-state index contributed by atoms with van der Waals surface area (Å²) in [7, 11) is 0. The number of carbonyl (C=O) groups excluding carboxylic acids is 1. The average Bonchev–Trinajstić information content (AvgIpc) is 3.00. The molecule has 1 saturated heterocycles. The smallest absolute Gasteiger partial charge is 0.270 e. The van der Waals surface area contributed by atoms with Crippen molar-refractivity contribution < 1.29 is 4.79 Å². The Balaban J connectivity index is 1.83. The highest BCUT2D eigenvalue weighted by Crippen LogP contribution is 2.19. The molecule has 118 valence electrons. The molecule has 1 aliphatic rings. The largest absolute Gasteiger partial charge is 0.350 e. The summed E-state index contributed by atoms with van der Waals surface area (Å²) in [6, 6.07) is 4.18. The number of hydrogen-bond acceptors (Lipinski definition) is 3. The van der Waals surface area contributed by atoms with E-state index >= 15 is 0 Å². The average molecular weight is 300 g/mol. The number of hydrogen-bond donors (Lipinski definition) is 2. The Kier molecular flexibility index (Phi) is 4.73. The molecule has 2 aromatic rings. The van der Waals surface area contributed by atoms with Gasteiger partial charge < -0.3 is 15.2 Å². The van der Waals surface area contributed by atoms with Crippen LogP contribution < -0.4 is 5.32 Å². The Hall–Kier alpha value is -1.88. The second-order valence-electron chi connectivity index (χ2n) is 5.98. The molecule has 1 fully saturated rings. The summed E-state index contributed by atoms with van der Waals surface area (Å²) in [5.74, 6) is 0.122. The Morgan fingerprint density at radius 1 is 1.41 bits per heavy atom. The number of nitrogens with zero attached hydrogens (tertiary/aromatic N) is 2. The highest BCUT2D eigenvalue weighted by molar-refractivity contribution is 5.98. The van der Waals surface area contributed by atoms with Gasteiger partial charge in [0.2, 0.25) is 0 Å². The van der Waals surface area contributed by atoms with E-state index in [0.29, 0.717) is 11.7 Å². The minimum atomic E-state index is 0.122. The highest BCUT2D eigenvalue weighted by atomic mass is 16.2. The van der Waals surface area contributed by atoms with Crippen molar-refractivity contribution in [3.8, 4) is 0 Å². The van der Waals surface area contributed by atoms with E-state index in [-0.39, 0.29) is 5.91 Å². The molecule has 0 unspecified atom stereocenters. The van der Waals surface area contributed by atoms with Crippen molar-refractivity contribution in [2.75, 3.05) is 19.6 Å². The predicted molar refractivity (Wildman–Crippen MR) is 87.9 cm³/mol. The van der Waals surface area contributed by atoms with Crippen molar-refractivity contribution in [2.45, 2.75) is 38.6 Å². The number of pyridine rings is 1. The molecule has 1 amide bonds. The number of aromatic amines is 1. The van der Waals surface area contributed by atoms with Gasteiger partial charge in [0.15, 0.2) is 0 Å². The molecule has 0 bridgehead atoms. The molecule has 0 spiro atoms. The predicted octanol–water partition coefficient (Wildman–Crippen LogP) is 2.56. The van der Waals surface area contributed by atoms with E-state index in [2.05, 4.69) is 27.1 Å². The van der Waals surface area contributed by atoms with E-state index in [9.17, 15) is 4.79 Å².